The van der Waals surface area contributed by atoms with E-state index >= 15 is 0 Å². The van der Waals surface area contributed by atoms with E-state index in [2.05, 4.69) is 6.58 Å². The highest BCUT2D eigenvalue weighted by Crippen LogP contribution is 1.81. The van der Waals surface area contributed by atoms with E-state index in [1.54, 1.807) is 13.8 Å². The van der Waals surface area contributed by atoms with Gasteiger partial charge in [-0.05, 0) is 11.3 Å². The Hall–Kier alpha value is -1.44. The lowest BCUT2D eigenvalue weighted by Crippen LogP contribution is -2.23. The summed E-state index contributed by atoms with van der Waals surface area (Å²) in [6.07, 6.45) is 1.43. The highest BCUT2D eigenvalue weighted by molar-refractivity contribution is 5.74. The van der Waals surface area contributed by atoms with E-state index in [1.807, 2.05) is 24.3 Å². The van der Waals surface area contributed by atoms with E-state index in [0.29, 0.717) is 10.5 Å². The monoisotopic (exact) mass is 178 g/mol. The molecule has 13 heavy (non-hydrogen) atoms. The standard InChI is InChI=1S/C11H13FN/c1-9(2)13(12)8-11-7-5-4-6-10(11)3/h4-8H,3H2,1-2H3/q+1/b11-8-. The van der Waals surface area contributed by atoms with Crippen molar-refractivity contribution in [2.75, 3.05) is 0 Å². The number of benzene rings is 1. The minimum atomic E-state index is 0.600. The predicted octanol–water partition coefficient (Wildman–Crippen LogP) is 1.21. The van der Waals surface area contributed by atoms with Crippen molar-refractivity contribution in [3.63, 3.8) is 0 Å². The lowest BCUT2D eigenvalue weighted by atomic mass is 10.2. The first-order valence-corrected chi connectivity index (χ1v) is 4.12. The largest absolute Gasteiger partial charge is 0.226 e. The van der Waals surface area contributed by atoms with Crippen LogP contribution in [-0.2, 0) is 0 Å². The van der Waals surface area contributed by atoms with Crippen LogP contribution in [0.4, 0.5) is 4.48 Å². The van der Waals surface area contributed by atoms with E-state index in [9.17, 15) is 4.48 Å². The summed E-state index contributed by atoms with van der Waals surface area (Å²) < 4.78 is 13.1. The van der Waals surface area contributed by atoms with Crippen LogP contribution >= 0.6 is 0 Å². The lowest BCUT2D eigenvalue weighted by Gasteiger charge is -1.84. The summed E-state index contributed by atoms with van der Waals surface area (Å²) >= 11 is 0. The molecule has 1 rings (SSSR count). The second-order valence-electron chi connectivity index (χ2n) is 3.09. The van der Waals surface area contributed by atoms with Gasteiger partial charge in [-0.2, -0.15) is 0 Å². The van der Waals surface area contributed by atoms with Gasteiger partial charge < -0.3 is 0 Å². The molecule has 68 valence electrons. The molecule has 1 aromatic rings. The van der Waals surface area contributed by atoms with Gasteiger partial charge in [0.15, 0.2) is 0 Å². The van der Waals surface area contributed by atoms with Crippen LogP contribution in [0.5, 0.6) is 0 Å². The van der Waals surface area contributed by atoms with Crippen molar-refractivity contribution in [2.24, 2.45) is 0 Å². The summed E-state index contributed by atoms with van der Waals surface area (Å²) in [5.74, 6) is 0. The molecule has 0 N–H and O–H groups in total. The topological polar surface area (TPSA) is 3.01 Å². The average molecular weight is 178 g/mol. The molecule has 1 aromatic carbocycles. The summed E-state index contributed by atoms with van der Waals surface area (Å²) in [5, 5.41) is 1.62. The average Bonchev–Trinajstić information content (AvgIpc) is 2.08. The van der Waals surface area contributed by atoms with Crippen molar-refractivity contribution in [3.8, 4) is 0 Å². The smallest absolute Gasteiger partial charge is 0.0909 e. The van der Waals surface area contributed by atoms with Crippen LogP contribution in [0.2, 0.25) is 0 Å². The van der Waals surface area contributed by atoms with Gasteiger partial charge in [0.2, 0.25) is 11.9 Å². The molecule has 0 aromatic heterocycles. The predicted molar refractivity (Wildman–Crippen MR) is 53.4 cm³/mol. The third kappa shape index (κ3) is 2.51. The molecule has 0 fully saturated rings. The van der Waals surface area contributed by atoms with Crippen LogP contribution < -0.4 is 10.4 Å². The van der Waals surface area contributed by atoms with E-state index < -0.39 is 0 Å². The lowest BCUT2D eigenvalue weighted by molar-refractivity contribution is -0.625. The Morgan fingerprint density at radius 3 is 2.54 bits per heavy atom. The number of hydrogen-bond donors (Lipinski definition) is 0. The molecule has 1 nitrogen and oxygen atoms in total. The Balaban J connectivity index is 3.32. The van der Waals surface area contributed by atoms with Crippen molar-refractivity contribution in [2.45, 2.75) is 13.8 Å². The molecule has 0 radical (unpaired) electrons. The second kappa shape index (κ2) is 3.99. The summed E-state index contributed by atoms with van der Waals surface area (Å²) in [6, 6.07) is 7.42. The van der Waals surface area contributed by atoms with Gasteiger partial charge in [0.25, 0.3) is 0 Å². The fourth-order valence-corrected chi connectivity index (χ4v) is 0.911. The van der Waals surface area contributed by atoms with Gasteiger partial charge in [-0.25, -0.2) is 0 Å². The maximum Gasteiger partial charge on any atom is 0.226 e. The molecule has 0 unspecified atom stereocenters. The van der Waals surface area contributed by atoms with Crippen LogP contribution in [-0.4, -0.2) is 10.5 Å². The van der Waals surface area contributed by atoms with Gasteiger partial charge in [-0.3, -0.25) is 0 Å². The molecule has 0 spiro atoms. The third-order valence-electron chi connectivity index (χ3n) is 1.73. The number of hydrogen-bond acceptors (Lipinski definition) is 0. The molecule has 0 aliphatic carbocycles. The summed E-state index contributed by atoms with van der Waals surface area (Å²) in [7, 11) is 0. The van der Waals surface area contributed by atoms with Gasteiger partial charge in [0, 0.05) is 23.9 Å². The Kier molecular flexibility index (Phi) is 2.96. The molecule has 2 heteroatoms. The van der Waals surface area contributed by atoms with Crippen LogP contribution in [0.3, 0.4) is 0 Å². The van der Waals surface area contributed by atoms with Gasteiger partial charge in [-0.15, -0.1) is 0 Å². The van der Waals surface area contributed by atoms with Crippen LogP contribution in [0, 0.1) is 0 Å². The van der Waals surface area contributed by atoms with E-state index in [1.165, 1.54) is 6.20 Å². The van der Waals surface area contributed by atoms with Crippen molar-refractivity contribution in [3.05, 3.63) is 34.7 Å². The maximum atomic E-state index is 13.1. The van der Waals surface area contributed by atoms with Gasteiger partial charge in [0.05, 0.1) is 4.48 Å². The normalized spacial score (nSPS) is 11.5. The molecule has 0 aliphatic rings. The Labute approximate surface area is 77.1 Å². The first kappa shape index (κ1) is 9.65. The first-order chi connectivity index (χ1) is 6.11. The number of rotatable bonds is 1. The molecular weight excluding hydrogens is 165 g/mol. The summed E-state index contributed by atoms with van der Waals surface area (Å²) in [6.45, 7) is 7.22. The van der Waals surface area contributed by atoms with Crippen LogP contribution in [0.15, 0.2) is 24.3 Å². The zero-order chi connectivity index (χ0) is 9.84. The van der Waals surface area contributed by atoms with Crippen molar-refractivity contribution in [1.82, 2.24) is 0 Å². The SMILES string of the molecule is C=c1cccc/c1=C/[N+](F)=C(C)C. The maximum absolute atomic E-state index is 13.1. The fourth-order valence-electron chi connectivity index (χ4n) is 0.911. The van der Waals surface area contributed by atoms with Crippen molar-refractivity contribution >= 4 is 18.5 Å². The van der Waals surface area contributed by atoms with Crippen molar-refractivity contribution < 1.29 is 9.28 Å². The molecule has 0 saturated carbocycles. The molecular formula is C11H13FN+. The Morgan fingerprint density at radius 1 is 1.38 bits per heavy atom. The molecule has 0 saturated heterocycles. The van der Waals surface area contributed by atoms with E-state index in [0.717, 1.165) is 10.4 Å². The number of halogens is 1. The summed E-state index contributed by atoms with van der Waals surface area (Å²) in [5.41, 5.74) is 0.600. The fraction of sp³-hybridized carbons (Fsp3) is 0.182. The molecule has 0 atom stereocenters. The van der Waals surface area contributed by atoms with Crippen LogP contribution in [0.1, 0.15) is 13.8 Å². The summed E-state index contributed by atoms with van der Waals surface area (Å²) in [4.78, 5) is 0.601. The third-order valence-corrected chi connectivity index (χ3v) is 1.73. The molecule has 0 aliphatic heterocycles. The Morgan fingerprint density at radius 2 is 2.00 bits per heavy atom. The highest BCUT2D eigenvalue weighted by Gasteiger charge is 1.99. The highest BCUT2D eigenvalue weighted by atomic mass is 19.2. The molecule has 0 amide bonds. The molecule has 0 heterocycles. The minimum Gasteiger partial charge on any atom is -0.0909 e. The molecule has 0 bridgehead atoms. The van der Waals surface area contributed by atoms with Gasteiger partial charge >= 0.3 is 0 Å². The zero-order valence-electron chi connectivity index (χ0n) is 7.92. The van der Waals surface area contributed by atoms with Crippen LogP contribution in [0.25, 0.3) is 12.8 Å². The van der Waals surface area contributed by atoms with E-state index in [-0.39, 0.29) is 0 Å². The number of nitrogens with zero attached hydrogens (tertiary/aromatic N) is 1. The van der Waals surface area contributed by atoms with Gasteiger partial charge in [-0.1, -0.05) is 24.8 Å². The van der Waals surface area contributed by atoms with E-state index in [4.69, 9.17) is 0 Å². The minimum absolute atomic E-state index is 0.600. The quantitative estimate of drug-likeness (QED) is 0.449. The first-order valence-electron chi connectivity index (χ1n) is 4.12. The second-order valence-corrected chi connectivity index (χ2v) is 3.09. The Bertz CT molecular complexity index is 428. The van der Waals surface area contributed by atoms with Gasteiger partial charge in [0.1, 0.15) is 0 Å². The zero-order valence-corrected chi connectivity index (χ0v) is 7.92. The van der Waals surface area contributed by atoms with Crippen molar-refractivity contribution in [1.29, 1.82) is 0 Å².